The summed E-state index contributed by atoms with van der Waals surface area (Å²) in [7, 11) is 0. The van der Waals surface area contributed by atoms with Crippen LogP contribution in [-0.2, 0) is 0 Å². The van der Waals surface area contributed by atoms with Gasteiger partial charge in [-0.25, -0.2) is 13.2 Å². The van der Waals surface area contributed by atoms with Crippen LogP contribution in [0.5, 0.6) is 17.2 Å². The second-order valence-corrected chi connectivity index (χ2v) is 14.7. The van der Waals surface area contributed by atoms with Crippen LogP contribution in [0.2, 0.25) is 0 Å². The van der Waals surface area contributed by atoms with E-state index in [0.29, 0.717) is 0 Å². The molecule has 3 saturated carbocycles. The summed E-state index contributed by atoms with van der Waals surface area (Å²) in [6, 6.07) is 5.68. The largest absolute Gasteiger partial charge is 0.507 e. The number of hydrogen-bond acceptors (Lipinski definition) is 9. The van der Waals surface area contributed by atoms with Crippen molar-refractivity contribution in [2.24, 2.45) is 30.0 Å². The number of rotatable bonds is 0. The number of nitrogens with zero attached hydrogens (tertiary/aromatic N) is 6. The average Bonchev–Trinajstić information content (AvgIpc) is 3.17. The van der Waals surface area contributed by atoms with E-state index in [4.69, 9.17) is 30.0 Å². The summed E-state index contributed by atoms with van der Waals surface area (Å²) in [6.45, 7) is 0. The minimum atomic E-state index is -0.558. The number of fused-ring (bicyclic) bond motifs is 9. The lowest BCUT2D eigenvalue weighted by Gasteiger charge is -2.25. The molecule has 0 aromatic heterocycles. The maximum Gasteiger partial charge on any atom is 0.133 e. The molecule has 54 heavy (non-hydrogen) atoms. The summed E-state index contributed by atoms with van der Waals surface area (Å²) in [5.74, 6) is -2.16. The lowest BCUT2D eigenvalue weighted by Crippen LogP contribution is -2.27. The van der Waals surface area contributed by atoms with Crippen molar-refractivity contribution in [2.45, 2.75) is 113 Å². The summed E-state index contributed by atoms with van der Waals surface area (Å²) in [4.78, 5) is 28.4. The Kier molecular flexibility index (Phi) is 11.6. The van der Waals surface area contributed by atoms with Crippen LogP contribution in [0.25, 0.3) is 0 Å². The zero-order valence-electron chi connectivity index (χ0n) is 30.0. The van der Waals surface area contributed by atoms with E-state index < -0.39 is 17.5 Å². The molecule has 1 aliphatic heterocycles. The Hall–Kier alpha value is -5.13. The second kappa shape index (κ2) is 16.9. The van der Waals surface area contributed by atoms with Crippen molar-refractivity contribution in [3.8, 4) is 17.2 Å². The van der Waals surface area contributed by atoms with Gasteiger partial charge in [0.1, 0.15) is 34.7 Å². The third kappa shape index (κ3) is 8.80. The maximum absolute atomic E-state index is 14.9. The zero-order chi connectivity index (χ0) is 37.6. The Labute approximate surface area is 313 Å². The summed E-state index contributed by atoms with van der Waals surface area (Å²) in [5.41, 5.74) is 1.21. The predicted octanol–water partition coefficient (Wildman–Crippen LogP) is 8.08. The molecular weight excluding hydrogens is 693 g/mol. The van der Waals surface area contributed by atoms with Crippen LogP contribution in [0.15, 0.2) is 66.4 Å². The normalized spacial score (nSPS) is 26.1. The molecule has 282 valence electrons. The van der Waals surface area contributed by atoms with Crippen molar-refractivity contribution in [3.05, 3.63) is 87.2 Å². The maximum atomic E-state index is 14.9. The topological polar surface area (TPSA) is 135 Å². The zero-order valence-corrected chi connectivity index (χ0v) is 30.0. The Balaban J connectivity index is 1.29. The van der Waals surface area contributed by atoms with Gasteiger partial charge in [-0.15, -0.1) is 0 Å². The van der Waals surface area contributed by atoms with E-state index in [9.17, 15) is 28.5 Å². The van der Waals surface area contributed by atoms with E-state index in [2.05, 4.69) is 0 Å². The molecule has 0 saturated heterocycles. The van der Waals surface area contributed by atoms with E-state index in [1.165, 1.54) is 73.7 Å². The van der Waals surface area contributed by atoms with Crippen molar-refractivity contribution in [3.63, 3.8) is 0 Å². The summed E-state index contributed by atoms with van der Waals surface area (Å²) >= 11 is 0. The van der Waals surface area contributed by atoms with Crippen molar-refractivity contribution in [2.75, 3.05) is 0 Å². The highest BCUT2D eigenvalue weighted by Gasteiger charge is 2.27. The van der Waals surface area contributed by atoms with Crippen LogP contribution < -0.4 is 0 Å². The van der Waals surface area contributed by atoms with Gasteiger partial charge in [0, 0.05) is 70.7 Å². The number of aromatic hydroxyl groups is 3. The Morgan fingerprint density at radius 1 is 0.333 bits per heavy atom. The molecule has 12 heteroatoms. The van der Waals surface area contributed by atoms with Gasteiger partial charge in [-0.1, -0.05) is 38.5 Å². The van der Waals surface area contributed by atoms with Gasteiger partial charge in [-0.3, -0.25) is 30.0 Å². The smallest absolute Gasteiger partial charge is 0.133 e. The van der Waals surface area contributed by atoms with Gasteiger partial charge in [0.15, 0.2) is 0 Å². The van der Waals surface area contributed by atoms with E-state index in [0.717, 1.165) is 77.0 Å². The number of halogens is 3. The highest BCUT2D eigenvalue weighted by atomic mass is 19.1. The van der Waals surface area contributed by atoms with Crippen LogP contribution >= 0.6 is 0 Å². The number of benzene rings is 3. The van der Waals surface area contributed by atoms with Gasteiger partial charge in [0.25, 0.3) is 0 Å². The molecule has 0 unspecified atom stereocenters. The molecule has 3 aromatic rings. The fourth-order valence-electron chi connectivity index (χ4n) is 7.89. The molecule has 1 heterocycles. The van der Waals surface area contributed by atoms with Crippen LogP contribution in [0.1, 0.15) is 110 Å². The molecule has 7 rings (SSSR count). The lowest BCUT2D eigenvalue weighted by atomic mass is 9.91. The van der Waals surface area contributed by atoms with E-state index in [1.54, 1.807) is 0 Å². The van der Waals surface area contributed by atoms with Gasteiger partial charge in [-0.2, -0.15) is 0 Å². The fraction of sp³-hybridized carbons (Fsp3) is 0.429. The van der Waals surface area contributed by atoms with Gasteiger partial charge in [-0.05, 0) is 74.9 Å². The number of hydrogen-bond donors (Lipinski definition) is 3. The summed E-state index contributed by atoms with van der Waals surface area (Å²) in [5, 5.41) is 33.5. The lowest BCUT2D eigenvalue weighted by molar-refractivity contribution is 0.389. The molecule has 0 spiro atoms. The first kappa shape index (κ1) is 37.2. The average molecular weight is 739 g/mol. The Morgan fingerprint density at radius 3 is 0.667 bits per heavy atom. The van der Waals surface area contributed by atoms with Gasteiger partial charge >= 0.3 is 0 Å². The number of aliphatic imine (C=N–C) groups is 6. The molecule has 0 radical (unpaired) electrons. The molecule has 3 fully saturated rings. The number of phenols is 3. The van der Waals surface area contributed by atoms with E-state index in [-0.39, 0.29) is 86.9 Å². The van der Waals surface area contributed by atoms with E-state index >= 15 is 0 Å². The monoisotopic (exact) mass is 738 g/mol. The second-order valence-electron chi connectivity index (χ2n) is 14.7. The molecule has 3 aliphatic carbocycles. The van der Waals surface area contributed by atoms with Crippen molar-refractivity contribution in [1.29, 1.82) is 0 Å². The quantitative estimate of drug-likeness (QED) is 0.215. The molecule has 0 amide bonds. The Morgan fingerprint density at radius 2 is 0.500 bits per heavy atom. The van der Waals surface area contributed by atoms with Crippen LogP contribution in [0.4, 0.5) is 13.2 Å². The highest BCUT2D eigenvalue weighted by molar-refractivity contribution is 5.94. The third-order valence-electron chi connectivity index (χ3n) is 10.9. The summed E-state index contributed by atoms with van der Waals surface area (Å²) in [6.07, 6.45) is 18.6. The van der Waals surface area contributed by atoms with Gasteiger partial charge in [0.05, 0.1) is 36.3 Å². The molecule has 3 N–H and O–H groups in total. The van der Waals surface area contributed by atoms with Gasteiger partial charge in [0.2, 0.25) is 0 Å². The van der Waals surface area contributed by atoms with Crippen LogP contribution in [0, 0.1) is 17.5 Å². The van der Waals surface area contributed by atoms with Crippen LogP contribution in [0.3, 0.4) is 0 Å². The number of phenolic OH excluding ortho intramolecular Hbond substituents is 3. The molecule has 9 nitrogen and oxygen atoms in total. The third-order valence-corrected chi connectivity index (χ3v) is 10.9. The van der Waals surface area contributed by atoms with Crippen molar-refractivity contribution in [1.82, 2.24) is 0 Å². The fourth-order valence-corrected chi connectivity index (χ4v) is 7.89. The van der Waals surface area contributed by atoms with E-state index in [1.807, 2.05) is 0 Å². The molecule has 4 aliphatic rings. The Bertz CT molecular complexity index is 1670. The summed E-state index contributed by atoms with van der Waals surface area (Å²) < 4.78 is 44.7. The first-order valence-corrected chi connectivity index (χ1v) is 19.0. The first-order valence-electron chi connectivity index (χ1n) is 19.0. The molecule has 6 atom stereocenters. The van der Waals surface area contributed by atoms with Crippen molar-refractivity contribution < 1.29 is 28.5 Å². The minimum absolute atomic E-state index is 0.162. The predicted molar refractivity (Wildman–Crippen MR) is 208 cm³/mol. The van der Waals surface area contributed by atoms with Crippen molar-refractivity contribution >= 4 is 37.3 Å². The van der Waals surface area contributed by atoms with Crippen LogP contribution in [-0.4, -0.2) is 88.9 Å². The first-order chi connectivity index (χ1) is 26.2. The molecule has 6 bridgehead atoms. The molecule has 3 aromatic carbocycles. The standard InChI is InChI=1S/C42H45F3N6O3/c43-31-13-25-19-46-34-7-1-2-8-35(34)47-20-26-14-32(44)16-28(41(26)53)22-49-38-11-5-6-12-39(38)51-24-30-18-33(45)17-29(42(30)54)23-50-37-10-4-3-9-36(37)48-21-27(15-31)40(25)52/h13-24,34-39,52-54H,1-12H2/t34-,35-,36-,37-,38-,39-/m1/s1. The SMILES string of the molecule is Oc1c2cc(F)cc1C=N[C@@H]1CCCC[C@H]1N=Cc1cc(F)cc(c1O)C=N[C@@H]1CCCC[C@H]1N=Cc1cc(F)cc(c1O)C=N[C@@H]1CCCC[C@H]1N=C2. The molecular formula is C42H45F3N6O3. The highest BCUT2D eigenvalue weighted by Crippen LogP contribution is 2.31. The van der Waals surface area contributed by atoms with Gasteiger partial charge < -0.3 is 15.3 Å². The minimum Gasteiger partial charge on any atom is -0.507 e.